The van der Waals surface area contributed by atoms with Crippen molar-refractivity contribution < 1.29 is 5.11 Å². The standard InChI is InChI=1S/C9H19NO.C2H6/c11-9-5-4-8-10-6-2-1-3-7-10;1-2/h11H,1-9H2;1-2H3. The molecule has 1 rings (SSSR count). The van der Waals surface area contributed by atoms with Gasteiger partial charge in [0.15, 0.2) is 0 Å². The fourth-order valence-electron chi connectivity index (χ4n) is 1.63. The molecule has 0 aromatic heterocycles. The van der Waals surface area contributed by atoms with Gasteiger partial charge in [-0.2, -0.15) is 0 Å². The summed E-state index contributed by atoms with van der Waals surface area (Å²) in [6, 6.07) is 0. The van der Waals surface area contributed by atoms with Crippen LogP contribution < -0.4 is 0 Å². The van der Waals surface area contributed by atoms with E-state index in [4.69, 9.17) is 5.11 Å². The lowest BCUT2D eigenvalue weighted by molar-refractivity contribution is 0.212. The second-order valence-corrected chi connectivity index (χ2v) is 3.33. The van der Waals surface area contributed by atoms with Crippen molar-refractivity contribution in [3.05, 3.63) is 0 Å². The summed E-state index contributed by atoms with van der Waals surface area (Å²) in [5.41, 5.74) is 0. The average Bonchev–Trinajstić information content (AvgIpc) is 2.23. The Morgan fingerprint density at radius 2 is 1.62 bits per heavy atom. The molecule has 1 N–H and O–H groups in total. The van der Waals surface area contributed by atoms with Gasteiger partial charge in [-0.25, -0.2) is 0 Å². The molecule has 0 saturated carbocycles. The molecule has 1 fully saturated rings. The maximum atomic E-state index is 8.58. The molecule has 0 bridgehead atoms. The third-order valence-electron chi connectivity index (χ3n) is 2.33. The minimum absolute atomic E-state index is 0.355. The van der Waals surface area contributed by atoms with E-state index >= 15 is 0 Å². The quantitative estimate of drug-likeness (QED) is 0.682. The average molecular weight is 187 g/mol. The Morgan fingerprint density at radius 1 is 1.00 bits per heavy atom. The van der Waals surface area contributed by atoms with Crippen LogP contribution in [0.25, 0.3) is 0 Å². The summed E-state index contributed by atoms with van der Waals surface area (Å²) in [5, 5.41) is 8.58. The predicted molar refractivity (Wildman–Crippen MR) is 58.0 cm³/mol. The summed E-state index contributed by atoms with van der Waals surface area (Å²) >= 11 is 0. The Morgan fingerprint density at radius 3 is 2.15 bits per heavy atom. The molecule has 0 amide bonds. The lowest BCUT2D eigenvalue weighted by atomic mass is 10.1. The number of piperidine rings is 1. The second kappa shape index (κ2) is 10.0. The molecule has 1 aliphatic heterocycles. The number of hydrogen-bond acceptors (Lipinski definition) is 2. The number of aliphatic hydroxyl groups is 1. The normalized spacial score (nSPS) is 17.8. The van der Waals surface area contributed by atoms with E-state index in [1.807, 2.05) is 13.8 Å². The highest BCUT2D eigenvalue weighted by Crippen LogP contribution is 2.08. The highest BCUT2D eigenvalue weighted by atomic mass is 16.2. The first kappa shape index (κ1) is 12.9. The predicted octanol–water partition coefficient (Wildman–Crippen LogP) is 2.27. The topological polar surface area (TPSA) is 23.5 Å². The molecule has 1 heterocycles. The van der Waals surface area contributed by atoms with Crippen molar-refractivity contribution in [2.24, 2.45) is 0 Å². The Labute approximate surface area is 82.9 Å². The van der Waals surface area contributed by atoms with Gasteiger partial charge in [0.1, 0.15) is 0 Å². The molecule has 0 unspecified atom stereocenters. The molecule has 0 radical (unpaired) electrons. The Hall–Kier alpha value is -0.0800. The third-order valence-corrected chi connectivity index (χ3v) is 2.33. The van der Waals surface area contributed by atoms with E-state index in [-0.39, 0.29) is 0 Å². The van der Waals surface area contributed by atoms with Crippen molar-refractivity contribution in [3.63, 3.8) is 0 Å². The van der Waals surface area contributed by atoms with Crippen LogP contribution in [0.5, 0.6) is 0 Å². The van der Waals surface area contributed by atoms with E-state index in [2.05, 4.69) is 4.90 Å². The largest absolute Gasteiger partial charge is 0.396 e. The second-order valence-electron chi connectivity index (χ2n) is 3.33. The molecule has 13 heavy (non-hydrogen) atoms. The van der Waals surface area contributed by atoms with Crippen LogP contribution >= 0.6 is 0 Å². The van der Waals surface area contributed by atoms with Crippen molar-refractivity contribution in [2.45, 2.75) is 46.0 Å². The van der Waals surface area contributed by atoms with Crippen molar-refractivity contribution in [1.29, 1.82) is 0 Å². The number of likely N-dealkylation sites (tertiary alicyclic amines) is 1. The molecule has 2 heteroatoms. The van der Waals surface area contributed by atoms with Gasteiger partial charge in [0.25, 0.3) is 0 Å². The van der Waals surface area contributed by atoms with Gasteiger partial charge in [0.05, 0.1) is 0 Å². The maximum Gasteiger partial charge on any atom is 0.0431 e. The van der Waals surface area contributed by atoms with Gasteiger partial charge in [-0.05, 0) is 45.3 Å². The molecule has 0 aromatic rings. The van der Waals surface area contributed by atoms with Crippen molar-refractivity contribution >= 4 is 0 Å². The van der Waals surface area contributed by atoms with Crippen LogP contribution in [0.4, 0.5) is 0 Å². The van der Waals surface area contributed by atoms with Crippen LogP contribution in [-0.2, 0) is 0 Å². The van der Waals surface area contributed by atoms with Gasteiger partial charge < -0.3 is 10.0 Å². The number of nitrogens with zero attached hydrogens (tertiary/aromatic N) is 1. The zero-order valence-electron chi connectivity index (χ0n) is 9.26. The Kier molecular flexibility index (Phi) is 9.94. The molecular weight excluding hydrogens is 162 g/mol. The number of rotatable bonds is 4. The van der Waals surface area contributed by atoms with E-state index in [0.717, 1.165) is 12.8 Å². The van der Waals surface area contributed by atoms with E-state index in [0.29, 0.717) is 6.61 Å². The van der Waals surface area contributed by atoms with Crippen molar-refractivity contribution in [2.75, 3.05) is 26.2 Å². The molecule has 0 spiro atoms. The molecule has 0 atom stereocenters. The van der Waals surface area contributed by atoms with Gasteiger partial charge in [-0.1, -0.05) is 20.3 Å². The van der Waals surface area contributed by atoms with E-state index in [9.17, 15) is 0 Å². The first-order chi connectivity index (χ1) is 6.43. The monoisotopic (exact) mass is 187 g/mol. The summed E-state index contributed by atoms with van der Waals surface area (Å²) in [4.78, 5) is 2.51. The zero-order chi connectivity index (χ0) is 9.94. The summed E-state index contributed by atoms with van der Waals surface area (Å²) in [6.45, 7) is 8.12. The van der Waals surface area contributed by atoms with Crippen molar-refractivity contribution in [3.8, 4) is 0 Å². The Bertz CT molecular complexity index is 90.1. The molecule has 1 aliphatic rings. The number of aliphatic hydroxyl groups excluding tert-OH is 1. The van der Waals surface area contributed by atoms with Crippen LogP contribution in [0, 0.1) is 0 Å². The van der Waals surface area contributed by atoms with Gasteiger partial charge in [-0.15, -0.1) is 0 Å². The summed E-state index contributed by atoms with van der Waals surface area (Å²) in [6.07, 6.45) is 6.29. The summed E-state index contributed by atoms with van der Waals surface area (Å²) in [5.74, 6) is 0. The summed E-state index contributed by atoms with van der Waals surface area (Å²) < 4.78 is 0. The Balaban J connectivity index is 0.000000671. The van der Waals surface area contributed by atoms with E-state index < -0.39 is 0 Å². The smallest absolute Gasteiger partial charge is 0.0431 e. The van der Waals surface area contributed by atoms with Gasteiger partial charge in [-0.3, -0.25) is 0 Å². The van der Waals surface area contributed by atoms with Crippen LogP contribution in [0.15, 0.2) is 0 Å². The van der Waals surface area contributed by atoms with Crippen molar-refractivity contribution in [1.82, 2.24) is 4.90 Å². The maximum absolute atomic E-state index is 8.58. The molecule has 80 valence electrons. The molecule has 0 aromatic carbocycles. The van der Waals surface area contributed by atoms with E-state index in [1.165, 1.54) is 38.9 Å². The van der Waals surface area contributed by atoms with Crippen LogP contribution in [0.1, 0.15) is 46.0 Å². The van der Waals surface area contributed by atoms with Gasteiger partial charge >= 0.3 is 0 Å². The number of hydrogen-bond donors (Lipinski definition) is 1. The SMILES string of the molecule is CC.OCCCCN1CCCCC1. The number of unbranched alkanes of at least 4 members (excludes halogenated alkanes) is 1. The van der Waals surface area contributed by atoms with Crippen LogP contribution in [-0.4, -0.2) is 36.2 Å². The molecule has 0 aliphatic carbocycles. The lowest BCUT2D eigenvalue weighted by Gasteiger charge is -2.26. The molecular formula is C11H25NO. The summed E-state index contributed by atoms with van der Waals surface area (Å²) in [7, 11) is 0. The van der Waals surface area contributed by atoms with Crippen LogP contribution in [0.3, 0.4) is 0 Å². The van der Waals surface area contributed by atoms with Gasteiger partial charge in [0, 0.05) is 6.61 Å². The minimum Gasteiger partial charge on any atom is -0.396 e. The molecule has 1 saturated heterocycles. The minimum atomic E-state index is 0.355. The fraction of sp³-hybridized carbons (Fsp3) is 1.00. The zero-order valence-corrected chi connectivity index (χ0v) is 9.26. The first-order valence-electron chi connectivity index (χ1n) is 5.76. The first-order valence-corrected chi connectivity index (χ1v) is 5.76. The fourth-order valence-corrected chi connectivity index (χ4v) is 1.63. The highest BCUT2D eigenvalue weighted by Gasteiger charge is 2.08. The van der Waals surface area contributed by atoms with E-state index in [1.54, 1.807) is 0 Å². The molecule has 2 nitrogen and oxygen atoms in total. The third kappa shape index (κ3) is 7.03. The lowest BCUT2D eigenvalue weighted by Crippen LogP contribution is -2.30. The van der Waals surface area contributed by atoms with Gasteiger partial charge in [0.2, 0.25) is 0 Å². The highest BCUT2D eigenvalue weighted by molar-refractivity contribution is 4.63. The van der Waals surface area contributed by atoms with Crippen LogP contribution in [0.2, 0.25) is 0 Å².